The van der Waals surface area contributed by atoms with Gasteiger partial charge in [0.05, 0.1) is 6.04 Å². The first-order valence-electron chi connectivity index (χ1n) is 6.08. The molecule has 1 rings (SSSR count). The molecule has 0 aliphatic heterocycles. The Morgan fingerprint density at radius 3 is 2.61 bits per heavy atom. The Hall–Kier alpha value is -0.620. The third-order valence-corrected chi connectivity index (χ3v) is 3.06. The Kier molecular flexibility index (Phi) is 5.59. The summed E-state index contributed by atoms with van der Waals surface area (Å²) < 4.78 is 1.21. The second kappa shape index (κ2) is 6.52. The summed E-state index contributed by atoms with van der Waals surface area (Å²) in [6.07, 6.45) is 0. The molecule has 1 atom stereocenters. The van der Waals surface area contributed by atoms with Crippen molar-refractivity contribution < 1.29 is 4.79 Å². The van der Waals surface area contributed by atoms with E-state index in [4.69, 9.17) is 0 Å². The fourth-order valence-corrected chi connectivity index (χ4v) is 2.10. The number of benzene rings is 1. The molecule has 18 heavy (non-hydrogen) atoms. The number of carbonyl (C=O) groups is 1. The van der Waals surface area contributed by atoms with Crippen LogP contribution >= 0.6 is 22.6 Å². The Morgan fingerprint density at radius 2 is 2.06 bits per heavy atom. The van der Waals surface area contributed by atoms with Crippen LogP contribution in [0.3, 0.4) is 0 Å². The maximum atomic E-state index is 11.9. The predicted molar refractivity (Wildman–Crippen MR) is 83.4 cm³/mol. The normalized spacial score (nSPS) is 13.2. The zero-order valence-corrected chi connectivity index (χ0v) is 13.5. The molecule has 0 saturated heterocycles. The van der Waals surface area contributed by atoms with Gasteiger partial charge in [0, 0.05) is 15.7 Å². The van der Waals surface area contributed by atoms with Crippen LogP contribution < -0.4 is 10.6 Å². The van der Waals surface area contributed by atoms with Crippen LogP contribution in [-0.2, 0) is 11.3 Å². The van der Waals surface area contributed by atoms with E-state index in [9.17, 15) is 4.79 Å². The summed E-state index contributed by atoms with van der Waals surface area (Å²) in [5, 5.41) is 6.20. The molecule has 1 unspecified atom stereocenters. The SMILES string of the molecule is CC(NCc1cccc(I)c1)C(=O)NC(C)(C)C. The Balaban J connectivity index is 2.46. The van der Waals surface area contributed by atoms with Gasteiger partial charge >= 0.3 is 0 Å². The third-order valence-electron chi connectivity index (χ3n) is 2.39. The topological polar surface area (TPSA) is 41.1 Å². The average molecular weight is 360 g/mol. The molecule has 0 spiro atoms. The highest BCUT2D eigenvalue weighted by Crippen LogP contribution is 2.07. The number of amides is 1. The van der Waals surface area contributed by atoms with Crippen LogP contribution in [0.2, 0.25) is 0 Å². The summed E-state index contributed by atoms with van der Waals surface area (Å²) in [6, 6.07) is 8.06. The highest BCUT2D eigenvalue weighted by molar-refractivity contribution is 14.1. The minimum atomic E-state index is -0.193. The number of hydrogen-bond acceptors (Lipinski definition) is 2. The zero-order valence-electron chi connectivity index (χ0n) is 11.4. The standard InChI is InChI=1S/C14H21IN2O/c1-10(13(18)17-14(2,3)4)16-9-11-6-5-7-12(15)8-11/h5-8,10,16H,9H2,1-4H3,(H,17,18). The quantitative estimate of drug-likeness (QED) is 0.811. The van der Waals surface area contributed by atoms with E-state index in [0.717, 1.165) is 0 Å². The maximum Gasteiger partial charge on any atom is 0.237 e. The van der Waals surface area contributed by atoms with Crippen molar-refractivity contribution in [3.8, 4) is 0 Å². The van der Waals surface area contributed by atoms with E-state index in [2.05, 4.69) is 51.4 Å². The molecule has 0 heterocycles. The largest absolute Gasteiger partial charge is 0.350 e. The summed E-state index contributed by atoms with van der Waals surface area (Å²) in [7, 11) is 0. The van der Waals surface area contributed by atoms with Crippen molar-refractivity contribution in [1.29, 1.82) is 0 Å². The minimum Gasteiger partial charge on any atom is -0.350 e. The Labute approximate surface area is 123 Å². The predicted octanol–water partition coefficient (Wildman–Crippen LogP) is 2.68. The molecule has 0 saturated carbocycles. The number of nitrogens with one attached hydrogen (secondary N) is 2. The molecule has 2 N–H and O–H groups in total. The molecule has 100 valence electrons. The van der Waals surface area contributed by atoms with E-state index >= 15 is 0 Å². The van der Waals surface area contributed by atoms with Crippen molar-refractivity contribution in [1.82, 2.24) is 10.6 Å². The van der Waals surface area contributed by atoms with Crippen LogP contribution in [0.15, 0.2) is 24.3 Å². The lowest BCUT2D eigenvalue weighted by molar-refractivity contribution is -0.124. The Morgan fingerprint density at radius 1 is 1.39 bits per heavy atom. The Bertz CT molecular complexity index is 413. The lowest BCUT2D eigenvalue weighted by Crippen LogP contribution is -2.49. The number of carbonyl (C=O) groups excluding carboxylic acids is 1. The van der Waals surface area contributed by atoms with E-state index in [0.29, 0.717) is 6.54 Å². The first-order chi connectivity index (χ1) is 8.28. The van der Waals surface area contributed by atoms with Crippen molar-refractivity contribution in [2.45, 2.75) is 45.8 Å². The van der Waals surface area contributed by atoms with Crippen LogP contribution in [0.4, 0.5) is 0 Å². The summed E-state index contributed by atoms with van der Waals surface area (Å²) in [5.41, 5.74) is 1.01. The fraction of sp³-hybridized carbons (Fsp3) is 0.500. The molecule has 0 aromatic heterocycles. The molecule has 0 aliphatic carbocycles. The highest BCUT2D eigenvalue weighted by atomic mass is 127. The summed E-state index contributed by atoms with van der Waals surface area (Å²) >= 11 is 2.29. The lowest BCUT2D eigenvalue weighted by Gasteiger charge is -2.23. The van der Waals surface area contributed by atoms with Crippen LogP contribution in [0.5, 0.6) is 0 Å². The second-order valence-corrected chi connectivity index (χ2v) is 6.72. The number of halogens is 1. The van der Waals surface area contributed by atoms with Gasteiger partial charge in [-0.15, -0.1) is 0 Å². The number of hydrogen-bond donors (Lipinski definition) is 2. The van der Waals surface area contributed by atoms with Crippen molar-refractivity contribution in [3.05, 3.63) is 33.4 Å². The van der Waals surface area contributed by atoms with E-state index < -0.39 is 0 Å². The molecule has 0 bridgehead atoms. The first-order valence-corrected chi connectivity index (χ1v) is 7.16. The molecule has 0 fully saturated rings. The van der Waals surface area contributed by atoms with Gasteiger partial charge in [-0.1, -0.05) is 12.1 Å². The fourth-order valence-electron chi connectivity index (χ4n) is 1.49. The summed E-state index contributed by atoms with van der Waals surface area (Å²) in [6.45, 7) is 8.54. The first kappa shape index (κ1) is 15.4. The van der Waals surface area contributed by atoms with E-state index in [-0.39, 0.29) is 17.5 Å². The smallest absolute Gasteiger partial charge is 0.237 e. The van der Waals surface area contributed by atoms with Gasteiger partial charge in [-0.2, -0.15) is 0 Å². The van der Waals surface area contributed by atoms with Crippen molar-refractivity contribution >= 4 is 28.5 Å². The van der Waals surface area contributed by atoms with Crippen LogP contribution in [0, 0.1) is 3.57 Å². The van der Waals surface area contributed by atoms with Crippen LogP contribution in [0.1, 0.15) is 33.3 Å². The van der Waals surface area contributed by atoms with Gasteiger partial charge < -0.3 is 10.6 Å². The van der Waals surface area contributed by atoms with Gasteiger partial charge in [-0.25, -0.2) is 0 Å². The molecule has 0 radical (unpaired) electrons. The van der Waals surface area contributed by atoms with Gasteiger partial charge in [0.2, 0.25) is 5.91 Å². The molecular formula is C14H21IN2O. The van der Waals surface area contributed by atoms with Crippen LogP contribution in [-0.4, -0.2) is 17.5 Å². The maximum absolute atomic E-state index is 11.9. The molecular weight excluding hydrogens is 339 g/mol. The van der Waals surface area contributed by atoms with Gasteiger partial charge in [0.1, 0.15) is 0 Å². The highest BCUT2D eigenvalue weighted by Gasteiger charge is 2.18. The zero-order chi connectivity index (χ0) is 13.8. The summed E-state index contributed by atoms with van der Waals surface area (Å²) in [5.74, 6) is 0.0353. The van der Waals surface area contributed by atoms with Crippen LogP contribution in [0.25, 0.3) is 0 Å². The van der Waals surface area contributed by atoms with Gasteiger partial charge in [-0.05, 0) is 68.0 Å². The minimum absolute atomic E-state index is 0.0353. The molecule has 1 aromatic carbocycles. The molecule has 4 heteroatoms. The average Bonchev–Trinajstić information content (AvgIpc) is 2.23. The van der Waals surface area contributed by atoms with E-state index in [1.54, 1.807) is 0 Å². The molecule has 0 aliphatic rings. The van der Waals surface area contributed by atoms with E-state index in [1.165, 1.54) is 9.13 Å². The monoisotopic (exact) mass is 360 g/mol. The van der Waals surface area contributed by atoms with Gasteiger partial charge in [0.25, 0.3) is 0 Å². The number of rotatable bonds is 4. The second-order valence-electron chi connectivity index (χ2n) is 5.47. The van der Waals surface area contributed by atoms with Crippen molar-refractivity contribution in [2.24, 2.45) is 0 Å². The third kappa shape index (κ3) is 5.82. The van der Waals surface area contributed by atoms with Crippen molar-refractivity contribution in [3.63, 3.8) is 0 Å². The molecule has 1 aromatic rings. The van der Waals surface area contributed by atoms with Crippen molar-refractivity contribution in [2.75, 3.05) is 0 Å². The molecule has 3 nitrogen and oxygen atoms in total. The molecule has 1 amide bonds. The van der Waals surface area contributed by atoms with Gasteiger partial charge in [-0.3, -0.25) is 4.79 Å². The van der Waals surface area contributed by atoms with Gasteiger partial charge in [0.15, 0.2) is 0 Å². The summed E-state index contributed by atoms with van der Waals surface area (Å²) in [4.78, 5) is 11.9. The lowest BCUT2D eigenvalue weighted by atomic mass is 10.1. The van der Waals surface area contributed by atoms with E-state index in [1.807, 2.05) is 33.8 Å².